The lowest BCUT2D eigenvalue weighted by Gasteiger charge is -2.56. The third-order valence-electron chi connectivity index (χ3n) is 7.74. The predicted octanol–water partition coefficient (Wildman–Crippen LogP) is 3.19. The van der Waals surface area contributed by atoms with Gasteiger partial charge >= 0.3 is 0 Å². The molecule has 134 valence electrons. The summed E-state index contributed by atoms with van der Waals surface area (Å²) in [5, 5.41) is 0. The molecule has 5 unspecified atom stereocenters. The molecule has 4 heteroatoms. The van der Waals surface area contributed by atoms with Crippen molar-refractivity contribution in [1.82, 2.24) is 4.90 Å². The van der Waals surface area contributed by atoms with E-state index in [0.717, 1.165) is 29.7 Å². The largest absolute Gasteiger partial charge is 0.495 e. The topological polar surface area (TPSA) is 32.8 Å². The number of carbonyl (C=O) groups is 1. The van der Waals surface area contributed by atoms with E-state index in [-0.39, 0.29) is 11.3 Å². The molecule has 2 saturated heterocycles. The number of hydrogen-bond donors (Lipinski definition) is 0. The summed E-state index contributed by atoms with van der Waals surface area (Å²) in [7, 11) is 1.72. The molecular formula is C21H28N2O2. The molecule has 5 atom stereocenters. The van der Waals surface area contributed by atoms with Crippen LogP contribution in [-0.4, -0.2) is 43.1 Å². The number of nitrogens with zero attached hydrogens (tertiary/aromatic N) is 2. The van der Waals surface area contributed by atoms with Crippen molar-refractivity contribution < 1.29 is 9.53 Å². The Morgan fingerprint density at radius 2 is 2.20 bits per heavy atom. The molecule has 0 aromatic heterocycles. The summed E-state index contributed by atoms with van der Waals surface area (Å²) in [6.45, 7) is 6.49. The fraction of sp³-hybridized carbons (Fsp3) is 0.667. The molecule has 4 nitrogen and oxygen atoms in total. The summed E-state index contributed by atoms with van der Waals surface area (Å²) in [6, 6.07) is 7.30. The standard InChI is InChI=1S/C21H28N2O2/c1-4-15-14-8-10-22-11-9-21(20(15)22)16-6-5-7-17(25-3)19(16)23(13(2)24)18(21)12-14/h5-7,14-15,18,20H,4,8-12H2,1-3H3. The first-order valence-electron chi connectivity index (χ1n) is 9.84. The van der Waals surface area contributed by atoms with E-state index < -0.39 is 0 Å². The number of para-hydroxylation sites is 1. The quantitative estimate of drug-likeness (QED) is 0.829. The van der Waals surface area contributed by atoms with Crippen LogP contribution in [0.25, 0.3) is 0 Å². The molecule has 1 aromatic rings. The zero-order valence-corrected chi connectivity index (χ0v) is 15.5. The van der Waals surface area contributed by atoms with Gasteiger partial charge in [0, 0.05) is 24.4 Å². The molecule has 5 rings (SSSR count). The van der Waals surface area contributed by atoms with E-state index in [1.54, 1.807) is 14.0 Å². The van der Waals surface area contributed by atoms with Crippen LogP contribution in [0.4, 0.5) is 5.69 Å². The van der Waals surface area contributed by atoms with Crippen molar-refractivity contribution in [3.8, 4) is 5.75 Å². The number of hydrogen-bond acceptors (Lipinski definition) is 3. The van der Waals surface area contributed by atoms with Crippen LogP contribution in [-0.2, 0) is 10.2 Å². The van der Waals surface area contributed by atoms with Crippen LogP contribution < -0.4 is 9.64 Å². The van der Waals surface area contributed by atoms with Gasteiger partial charge in [-0.25, -0.2) is 0 Å². The minimum absolute atomic E-state index is 0.104. The maximum Gasteiger partial charge on any atom is 0.224 e. The summed E-state index contributed by atoms with van der Waals surface area (Å²) in [5.41, 5.74) is 2.54. The lowest BCUT2D eigenvalue weighted by Crippen LogP contribution is -2.64. The number of ether oxygens (including phenoxy) is 1. The van der Waals surface area contributed by atoms with Gasteiger partial charge in [-0.1, -0.05) is 25.5 Å². The van der Waals surface area contributed by atoms with Crippen molar-refractivity contribution in [2.45, 2.75) is 57.0 Å². The lowest BCUT2D eigenvalue weighted by molar-refractivity contribution is -0.118. The molecule has 3 aliphatic heterocycles. The predicted molar refractivity (Wildman–Crippen MR) is 98.1 cm³/mol. The zero-order valence-electron chi connectivity index (χ0n) is 15.5. The van der Waals surface area contributed by atoms with Crippen molar-refractivity contribution in [1.29, 1.82) is 0 Å². The number of rotatable bonds is 2. The van der Waals surface area contributed by atoms with Crippen molar-refractivity contribution in [2.24, 2.45) is 11.8 Å². The van der Waals surface area contributed by atoms with Gasteiger partial charge in [-0.15, -0.1) is 0 Å². The second-order valence-corrected chi connectivity index (χ2v) is 8.39. The van der Waals surface area contributed by atoms with E-state index in [4.69, 9.17) is 4.74 Å². The molecule has 1 aliphatic carbocycles. The molecule has 1 amide bonds. The lowest BCUT2D eigenvalue weighted by atomic mass is 9.55. The van der Waals surface area contributed by atoms with Gasteiger partial charge < -0.3 is 9.64 Å². The van der Waals surface area contributed by atoms with Gasteiger partial charge in [0.25, 0.3) is 0 Å². The number of fused-ring (bicyclic) bond motifs is 2. The summed E-state index contributed by atoms with van der Waals surface area (Å²) < 4.78 is 5.70. The first kappa shape index (κ1) is 15.7. The smallest absolute Gasteiger partial charge is 0.224 e. The Bertz CT molecular complexity index is 733. The van der Waals surface area contributed by atoms with Crippen molar-refractivity contribution >= 4 is 11.6 Å². The SMILES string of the molecule is CCC1C2CCN3CCC4(c5cccc(OC)c5N(C(C)=O)C4C2)C13. The van der Waals surface area contributed by atoms with Gasteiger partial charge in [-0.3, -0.25) is 9.69 Å². The zero-order chi connectivity index (χ0) is 17.3. The van der Waals surface area contributed by atoms with Crippen LogP contribution in [0.2, 0.25) is 0 Å². The van der Waals surface area contributed by atoms with Gasteiger partial charge in [0.05, 0.1) is 12.8 Å². The van der Waals surface area contributed by atoms with Crippen LogP contribution in [0.15, 0.2) is 18.2 Å². The average Bonchev–Trinajstić information content (AvgIpc) is 3.16. The minimum atomic E-state index is 0.104. The minimum Gasteiger partial charge on any atom is -0.495 e. The number of amides is 1. The third kappa shape index (κ3) is 1.74. The van der Waals surface area contributed by atoms with Crippen molar-refractivity contribution in [3.63, 3.8) is 0 Å². The third-order valence-corrected chi connectivity index (χ3v) is 7.74. The normalized spacial score (nSPS) is 38.4. The number of piperidine rings is 1. The number of anilines is 1. The molecule has 0 radical (unpaired) electrons. The van der Waals surface area contributed by atoms with Gasteiger partial charge in [-0.2, -0.15) is 0 Å². The Morgan fingerprint density at radius 3 is 2.92 bits per heavy atom. The average molecular weight is 340 g/mol. The monoisotopic (exact) mass is 340 g/mol. The van der Waals surface area contributed by atoms with Crippen molar-refractivity contribution in [2.75, 3.05) is 25.1 Å². The molecule has 25 heavy (non-hydrogen) atoms. The van der Waals surface area contributed by atoms with Crippen molar-refractivity contribution in [3.05, 3.63) is 23.8 Å². The molecule has 0 N–H and O–H groups in total. The Morgan fingerprint density at radius 1 is 1.36 bits per heavy atom. The Hall–Kier alpha value is -1.55. The molecule has 1 spiro atoms. The van der Waals surface area contributed by atoms with Crippen LogP contribution in [0, 0.1) is 11.8 Å². The highest BCUT2D eigenvalue weighted by molar-refractivity contribution is 5.98. The Kier molecular flexibility index (Phi) is 3.28. The van der Waals surface area contributed by atoms with E-state index in [1.807, 2.05) is 6.07 Å². The van der Waals surface area contributed by atoms with E-state index in [1.165, 1.54) is 37.9 Å². The molecular weight excluding hydrogens is 312 g/mol. The van der Waals surface area contributed by atoms with E-state index in [9.17, 15) is 4.79 Å². The van der Waals surface area contributed by atoms with Crippen LogP contribution in [0.5, 0.6) is 5.75 Å². The summed E-state index contributed by atoms with van der Waals surface area (Å²) in [6.07, 6.45) is 4.87. The summed E-state index contributed by atoms with van der Waals surface area (Å²) in [5.74, 6) is 2.54. The second-order valence-electron chi connectivity index (χ2n) is 8.39. The maximum absolute atomic E-state index is 12.7. The van der Waals surface area contributed by atoms with Gasteiger partial charge in [0.1, 0.15) is 5.75 Å². The fourth-order valence-electron chi connectivity index (χ4n) is 7.01. The highest BCUT2D eigenvalue weighted by Crippen LogP contribution is 2.64. The van der Waals surface area contributed by atoms with Crippen LogP contribution in [0.3, 0.4) is 0 Å². The van der Waals surface area contributed by atoms with E-state index in [0.29, 0.717) is 12.1 Å². The molecule has 3 heterocycles. The number of benzene rings is 1. The summed E-state index contributed by atoms with van der Waals surface area (Å²) >= 11 is 0. The summed E-state index contributed by atoms with van der Waals surface area (Å²) in [4.78, 5) is 17.6. The highest BCUT2D eigenvalue weighted by Gasteiger charge is 2.67. The Balaban J connectivity index is 1.77. The van der Waals surface area contributed by atoms with Gasteiger partial charge in [0.2, 0.25) is 5.91 Å². The molecule has 4 aliphatic rings. The first-order valence-corrected chi connectivity index (χ1v) is 9.84. The van der Waals surface area contributed by atoms with E-state index in [2.05, 4.69) is 28.9 Å². The van der Waals surface area contributed by atoms with E-state index >= 15 is 0 Å². The highest BCUT2D eigenvalue weighted by atomic mass is 16.5. The molecule has 1 saturated carbocycles. The molecule has 1 aromatic carbocycles. The molecule has 3 fully saturated rings. The van der Waals surface area contributed by atoms with Gasteiger partial charge in [0.15, 0.2) is 0 Å². The fourth-order valence-corrected chi connectivity index (χ4v) is 7.01. The maximum atomic E-state index is 12.7. The van der Waals surface area contributed by atoms with Crippen LogP contribution >= 0.6 is 0 Å². The Labute approximate surface area is 150 Å². The van der Waals surface area contributed by atoms with Crippen LogP contribution in [0.1, 0.15) is 45.1 Å². The first-order chi connectivity index (χ1) is 12.1. The van der Waals surface area contributed by atoms with Gasteiger partial charge in [-0.05, 0) is 55.8 Å². The second kappa shape index (κ2) is 5.23. The molecule has 2 bridgehead atoms. The number of methoxy groups -OCH3 is 1. The number of carbonyl (C=O) groups excluding carboxylic acids is 1.